The van der Waals surface area contributed by atoms with Crippen LogP contribution in [0.5, 0.6) is 11.5 Å². The Bertz CT molecular complexity index is 991. The van der Waals surface area contributed by atoms with Gasteiger partial charge in [0.05, 0.1) is 20.8 Å². The second-order valence-electron chi connectivity index (χ2n) is 6.71. The summed E-state index contributed by atoms with van der Waals surface area (Å²) in [6, 6.07) is 13.6. The number of benzene rings is 2. The largest absolute Gasteiger partial charge is 0.493 e. The second kappa shape index (κ2) is 10.4. The number of aromatic nitrogens is 1. The highest BCUT2D eigenvalue weighted by atomic mass is 35.5. The van der Waals surface area contributed by atoms with Crippen LogP contribution in [0.25, 0.3) is 0 Å². The summed E-state index contributed by atoms with van der Waals surface area (Å²) in [5.41, 5.74) is 2.34. The molecular weight excluding hydrogens is 424 g/mol. The van der Waals surface area contributed by atoms with E-state index in [-0.39, 0.29) is 5.69 Å². The van der Waals surface area contributed by atoms with Crippen molar-refractivity contribution >= 4 is 28.9 Å². The van der Waals surface area contributed by atoms with Crippen LogP contribution < -0.4 is 9.47 Å². The fraction of sp³-hybridized carbons (Fsp3) is 0.273. The zero-order chi connectivity index (χ0) is 21.5. The Hall–Kier alpha value is -2.61. The first-order valence-corrected chi connectivity index (χ1v) is 10.6. The number of carbonyl (C=O) groups is 1. The Morgan fingerprint density at radius 3 is 2.40 bits per heavy atom. The first-order valence-electron chi connectivity index (χ1n) is 9.34. The Morgan fingerprint density at radius 2 is 1.77 bits per heavy atom. The van der Waals surface area contributed by atoms with Gasteiger partial charge in [0, 0.05) is 23.5 Å². The summed E-state index contributed by atoms with van der Waals surface area (Å²) in [6.45, 7) is 2.03. The smallest absolute Gasteiger partial charge is 0.355 e. The summed E-state index contributed by atoms with van der Waals surface area (Å²) in [5.74, 6) is 0.389. The molecule has 0 fully saturated rings. The van der Waals surface area contributed by atoms with E-state index in [0.717, 1.165) is 29.1 Å². The van der Waals surface area contributed by atoms with Gasteiger partial charge in [0.25, 0.3) is 0 Å². The molecule has 0 atom stereocenters. The molecule has 0 aliphatic rings. The van der Waals surface area contributed by atoms with E-state index in [0.29, 0.717) is 29.6 Å². The fourth-order valence-corrected chi connectivity index (χ4v) is 3.99. The van der Waals surface area contributed by atoms with E-state index in [1.165, 1.54) is 11.3 Å². The van der Waals surface area contributed by atoms with Crippen LogP contribution >= 0.6 is 22.9 Å². The highest BCUT2D eigenvalue weighted by molar-refractivity contribution is 7.09. The number of halogens is 1. The third-order valence-corrected chi connectivity index (χ3v) is 5.70. The number of aromatic carboxylic acids is 1. The molecule has 0 saturated carbocycles. The van der Waals surface area contributed by atoms with Gasteiger partial charge in [-0.25, -0.2) is 9.78 Å². The van der Waals surface area contributed by atoms with Crippen LogP contribution in [-0.2, 0) is 19.5 Å². The van der Waals surface area contributed by atoms with E-state index in [4.69, 9.17) is 26.2 Å². The van der Waals surface area contributed by atoms with Crippen molar-refractivity contribution in [3.8, 4) is 11.5 Å². The van der Waals surface area contributed by atoms with Crippen LogP contribution in [0.15, 0.2) is 47.8 Å². The van der Waals surface area contributed by atoms with E-state index < -0.39 is 5.97 Å². The molecule has 2 aromatic carbocycles. The number of carboxylic acids is 1. The number of methoxy groups -OCH3 is 2. The number of hydrogen-bond acceptors (Lipinski definition) is 6. The van der Waals surface area contributed by atoms with E-state index >= 15 is 0 Å². The summed E-state index contributed by atoms with van der Waals surface area (Å²) in [6.07, 6.45) is 0.797. The van der Waals surface area contributed by atoms with Crippen molar-refractivity contribution in [3.05, 3.63) is 74.7 Å². The van der Waals surface area contributed by atoms with Crippen LogP contribution in [0.4, 0.5) is 0 Å². The second-order valence-corrected chi connectivity index (χ2v) is 8.09. The number of rotatable bonds is 10. The molecule has 0 amide bonds. The topological polar surface area (TPSA) is 71.9 Å². The normalized spacial score (nSPS) is 10.9. The quantitative estimate of drug-likeness (QED) is 0.484. The van der Waals surface area contributed by atoms with Gasteiger partial charge in [-0.05, 0) is 41.8 Å². The van der Waals surface area contributed by atoms with Crippen LogP contribution in [0.2, 0.25) is 5.02 Å². The molecule has 158 valence electrons. The van der Waals surface area contributed by atoms with Crippen molar-refractivity contribution in [1.29, 1.82) is 0 Å². The lowest BCUT2D eigenvalue weighted by Gasteiger charge is -2.22. The maximum absolute atomic E-state index is 11.1. The van der Waals surface area contributed by atoms with Gasteiger partial charge in [0.1, 0.15) is 5.01 Å². The average molecular weight is 447 g/mol. The Labute approximate surface area is 184 Å². The highest BCUT2D eigenvalue weighted by Gasteiger charge is 2.14. The molecule has 1 heterocycles. The molecular formula is C22H23ClN2O4S. The monoisotopic (exact) mass is 446 g/mol. The molecule has 0 aliphatic carbocycles. The summed E-state index contributed by atoms with van der Waals surface area (Å²) >= 11 is 7.37. The summed E-state index contributed by atoms with van der Waals surface area (Å²) in [5, 5.41) is 12.2. The van der Waals surface area contributed by atoms with E-state index in [9.17, 15) is 4.79 Å². The minimum atomic E-state index is -1.01. The molecule has 3 rings (SSSR count). The third-order valence-electron chi connectivity index (χ3n) is 4.61. The van der Waals surface area contributed by atoms with Gasteiger partial charge >= 0.3 is 5.97 Å². The summed E-state index contributed by atoms with van der Waals surface area (Å²) < 4.78 is 10.7. The maximum Gasteiger partial charge on any atom is 0.355 e. The lowest BCUT2D eigenvalue weighted by molar-refractivity contribution is 0.0691. The van der Waals surface area contributed by atoms with Crippen LogP contribution in [-0.4, -0.2) is 41.7 Å². The lowest BCUT2D eigenvalue weighted by Crippen LogP contribution is -2.25. The molecule has 0 saturated heterocycles. The van der Waals surface area contributed by atoms with Crippen molar-refractivity contribution in [2.24, 2.45) is 0 Å². The molecule has 0 radical (unpaired) electrons. The summed E-state index contributed by atoms with van der Waals surface area (Å²) in [7, 11) is 3.24. The standard InChI is InChI=1S/C22H23ClN2O4S/c1-28-19-8-5-15(11-20(19)29-2)9-10-25(12-16-3-6-17(23)7-4-16)13-21-24-18(14-30-21)22(26)27/h3-8,11,14H,9-10,12-13H2,1-2H3,(H,26,27). The maximum atomic E-state index is 11.1. The van der Waals surface area contributed by atoms with Gasteiger partial charge in [-0.1, -0.05) is 29.8 Å². The van der Waals surface area contributed by atoms with Gasteiger partial charge in [-0.15, -0.1) is 11.3 Å². The average Bonchev–Trinajstić information content (AvgIpc) is 3.22. The van der Waals surface area contributed by atoms with Crippen LogP contribution in [0, 0.1) is 0 Å². The predicted octanol–water partition coefficient (Wildman–Crippen LogP) is 4.76. The lowest BCUT2D eigenvalue weighted by atomic mass is 10.1. The fourth-order valence-electron chi connectivity index (χ4n) is 3.06. The number of ether oxygens (including phenoxy) is 2. The highest BCUT2D eigenvalue weighted by Crippen LogP contribution is 2.28. The van der Waals surface area contributed by atoms with Crippen molar-refractivity contribution in [1.82, 2.24) is 9.88 Å². The number of thiazole rings is 1. The Kier molecular flexibility index (Phi) is 7.68. The van der Waals surface area contributed by atoms with Crippen molar-refractivity contribution in [3.63, 3.8) is 0 Å². The molecule has 0 bridgehead atoms. The molecule has 1 N–H and O–H groups in total. The molecule has 0 spiro atoms. The molecule has 6 nitrogen and oxygen atoms in total. The number of carboxylic acid groups (broad SMARTS) is 1. The minimum absolute atomic E-state index is 0.0846. The van der Waals surface area contributed by atoms with E-state index in [1.807, 2.05) is 42.5 Å². The zero-order valence-electron chi connectivity index (χ0n) is 16.8. The Balaban J connectivity index is 1.74. The van der Waals surface area contributed by atoms with Gasteiger partial charge in [-0.3, -0.25) is 4.90 Å². The predicted molar refractivity (Wildman–Crippen MR) is 118 cm³/mol. The SMILES string of the molecule is COc1ccc(CCN(Cc2ccc(Cl)cc2)Cc2nc(C(=O)O)cs2)cc1OC. The Morgan fingerprint density at radius 1 is 1.07 bits per heavy atom. The number of hydrogen-bond donors (Lipinski definition) is 1. The molecule has 8 heteroatoms. The first kappa shape index (κ1) is 22.1. The number of nitrogens with zero attached hydrogens (tertiary/aromatic N) is 2. The van der Waals surface area contributed by atoms with E-state index in [2.05, 4.69) is 9.88 Å². The van der Waals surface area contributed by atoms with Gasteiger partial charge in [-0.2, -0.15) is 0 Å². The van der Waals surface area contributed by atoms with Crippen LogP contribution in [0.3, 0.4) is 0 Å². The molecule has 3 aromatic rings. The summed E-state index contributed by atoms with van der Waals surface area (Å²) in [4.78, 5) is 17.6. The van der Waals surface area contributed by atoms with Gasteiger partial charge < -0.3 is 14.6 Å². The molecule has 30 heavy (non-hydrogen) atoms. The molecule has 0 unspecified atom stereocenters. The first-order chi connectivity index (χ1) is 14.5. The molecule has 0 aliphatic heterocycles. The van der Waals surface area contributed by atoms with Gasteiger partial charge in [0.2, 0.25) is 0 Å². The van der Waals surface area contributed by atoms with Crippen LogP contribution in [0.1, 0.15) is 26.6 Å². The molecule has 1 aromatic heterocycles. The minimum Gasteiger partial charge on any atom is -0.493 e. The van der Waals surface area contributed by atoms with E-state index in [1.54, 1.807) is 19.6 Å². The third kappa shape index (κ3) is 5.95. The van der Waals surface area contributed by atoms with Crippen molar-refractivity contribution in [2.45, 2.75) is 19.5 Å². The van der Waals surface area contributed by atoms with Gasteiger partial charge in [0.15, 0.2) is 17.2 Å². The zero-order valence-corrected chi connectivity index (χ0v) is 18.4. The van der Waals surface area contributed by atoms with Crippen molar-refractivity contribution in [2.75, 3.05) is 20.8 Å². The van der Waals surface area contributed by atoms with Crippen molar-refractivity contribution < 1.29 is 19.4 Å².